The first-order valence-corrected chi connectivity index (χ1v) is 12.7. The number of H-pyrrole nitrogens is 1. The standard InChI is InChI=1S/C29H29N3O4/c1-18(20-7-8-20)23(15-19-5-3-2-4-6-19)26(33)17-32-27(34)29(36-28(32)35)13-11-21-16-22(9-10-24(21)29)25-12-14-30-31-25/h2-6,9-10,12,14,16,18,20,23H,7-8,11,13,15,17H2,1H3,(H,30,31)/t18-,23?,29?/m0/s1. The lowest BCUT2D eigenvalue weighted by Crippen LogP contribution is -2.42. The van der Waals surface area contributed by atoms with E-state index in [2.05, 4.69) is 17.1 Å². The molecule has 1 spiro atoms. The van der Waals surface area contributed by atoms with Crippen LogP contribution in [0.2, 0.25) is 0 Å². The number of aryl methyl sites for hydroxylation is 1. The highest BCUT2D eigenvalue weighted by atomic mass is 16.6. The predicted octanol–water partition coefficient (Wildman–Crippen LogP) is 4.67. The van der Waals surface area contributed by atoms with Gasteiger partial charge < -0.3 is 4.74 Å². The molecule has 1 saturated carbocycles. The Morgan fingerprint density at radius 1 is 1.17 bits per heavy atom. The van der Waals surface area contributed by atoms with Gasteiger partial charge in [0.05, 0.1) is 12.2 Å². The Labute approximate surface area is 209 Å². The van der Waals surface area contributed by atoms with Crippen molar-refractivity contribution in [1.82, 2.24) is 15.1 Å². The van der Waals surface area contributed by atoms with Crippen LogP contribution in [0.3, 0.4) is 0 Å². The van der Waals surface area contributed by atoms with E-state index in [1.54, 1.807) is 6.20 Å². The highest BCUT2D eigenvalue weighted by Crippen LogP contribution is 2.47. The first-order valence-electron chi connectivity index (χ1n) is 12.7. The first kappa shape index (κ1) is 22.7. The fraction of sp³-hybridized carbons (Fsp3) is 0.379. The van der Waals surface area contributed by atoms with Crippen LogP contribution in [0.4, 0.5) is 4.79 Å². The third kappa shape index (κ3) is 3.83. The largest absolute Gasteiger partial charge is 0.427 e. The Kier molecular flexibility index (Phi) is 5.51. The van der Waals surface area contributed by atoms with Crippen molar-refractivity contribution >= 4 is 17.8 Å². The molecule has 1 aliphatic heterocycles. The third-order valence-electron chi connectivity index (χ3n) is 8.20. The molecule has 1 N–H and O–H groups in total. The highest BCUT2D eigenvalue weighted by Gasteiger charge is 2.58. The van der Waals surface area contributed by atoms with E-state index in [1.165, 1.54) is 0 Å². The minimum atomic E-state index is -1.34. The van der Waals surface area contributed by atoms with Crippen LogP contribution >= 0.6 is 0 Å². The van der Waals surface area contributed by atoms with Crippen molar-refractivity contribution in [3.8, 4) is 11.3 Å². The summed E-state index contributed by atoms with van der Waals surface area (Å²) in [4.78, 5) is 41.2. The zero-order valence-corrected chi connectivity index (χ0v) is 20.3. The third-order valence-corrected chi connectivity index (χ3v) is 8.20. The van der Waals surface area contributed by atoms with Gasteiger partial charge in [-0.05, 0) is 66.3 Å². The van der Waals surface area contributed by atoms with Crippen molar-refractivity contribution in [2.24, 2.45) is 17.8 Å². The molecular weight excluding hydrogens is 454 g/mol. The monoisotopic (exact) mass is 483 g/mol. The maximum absolute atomic E-state index is 13.7. The molecule has 184 valence electrons. The van der Waals surface area contributed by atoms with Crippen LogP contribution in [0, 0.1) is 17.8 Å². The molecule has 0 bridgehead atoms. The lowest BCUT2D eigenvalue weighted by Gasteiger charge is -2.25. The number of aromatic nitrogens is 2. The number of Topliss-reactive ketones (excluding diaryl/α,β-unsaturated/α-hetero) is 1. The smallest absolute Gasteiger partial charge is 0.418 e. The lowest BCUT2D eigenvalue weighted by atomic mass is 9.81. The number of aromatic amines is 1. The molecule has 3 aromatic rings. The number of carbonyl (C=O) groups is 3. The van der Waals surface area contributed by atoms with Crippen molar-refractivity contribution in [3.05, 3.63) is 77.5 Å². The second-order valence-corrected chi connectivity index (χ2v) is 10.4. The molecule has 2 unspecified atom stereocenters. The molecule has 1 saturated heterocycles. The molecule has 6 rings (SSSR count). The Bertz CT molecular complexity index is 1320. The zero-order chi connectivity index (χ0) is 24.9. The van der Waals surface area contributed by atoms with Gasteiger partial charge in [-0.3, -0.25) is 14.7 Å². The van der Waals surface area contributed by atoms with Gasteiger partial charge in [0.2, 0.25) is 5.60 Å². The Hall–Kier alpha value is -3.74. The van der Waals surface area contributed by atoms with E-state index < -0.39 is 17.6 Å². The fourth-order valence-corrected chi connectivity index (χ4v) is 5.92. The molecule has 2 heterocycles. The summed E-state index contributed by atoms with van der Waals surface area (Å²) in [5.41, 5.74) is 3.29. The van der Waals surface area contributed by atoms with Gasteiger partial charge in [-0.25, -0.2) is 9.69 Å². The number of carbonyl (C=O) groups excluding carboxylic acids is 3. The van der Waals surface area contributed by atoms with Crippen molar-refractivity contribution in [2.45, 2.75) is 44.6 Å². The van der Waals surface area contributed by atoms with E-state index in [-0.39, 0.29) is 24.2 Å². The highest BCUT2D eigenvalue weighted by molar-refractivity contribution is 6.06. The number of benzene rings is 2. The molecule has 2 amide bonds. The number of imide groups is 1. The number of amides is 2. The molecule has 7 heteroatoms. The van der Waals surface area contributed by atoms with Crippen LogP contribution in [0.25, 0.3) is 11.3 Å². The Balaban J connectivity index is 1.23. The summed E-state index contributed by atoms with van der Waals surface area (Å²) in [5, 5.41) is 6.95. The molecule has 3 atom stereocenters. The first-order chi connectivity index (χ1) is 17.5. The molecular formula is C29H29N3O4. The van der Waals surface area contributed by atoms with Gasteiger partial charge in [0, 0.05) is 24.1 Å². The SMILES string of the molecule is C[C@@H](C1CC1)C(Cc1ccccc1)C(=O)CN1C(=O)OC2(CCc3cc(-c4ccn[nH]4)ccc32)C1=O. The van der Waals surface area contributed by atoms with E-state index in [1.807, 2.05) is 54.6 Å². The minimum absolute atomic E-state index is 0.0755. The van der Waals surface area contributed by atoms with Gasteiger partial charge in [0.1, 0.15) is 0 Å². The zero-order valence-electron chi connectivity index (χ0n) is 20.3. The average Bonchev–Trinajstić information content (AvgIpc) is 3.39. The van der Waals surface area contributed by atoms with Crippen LogP contribution in [0.1, 0.15) is 42.9 Å². The summed E-state index contributed by atoms with van der Waals surface area (Å²) in [6.45, 7) is 1.88. The number of rotatable bonds is 8. The normalized spacial score (nSPS) is 22.5. The summed E-state index contributed by atoms with van der Waals surface area (Å²) in [6, 6.07) is 17.6. The molecule has 3 aliphatic rings. The van der Waals surface area contributed by atoms with Crippen LogP contribution in [0.5, 0.6) is 0 Å². The fourth-order valence-electron chi connectivity index (χ4n) is 5.92. The van der Waals surface area contributed by atoms with Gasteiger partial charge in [0.15, 0.2) is 5.78 Å². The Morgan fingerprint density at radius 3 is 2.69 bits per heavy atom. The van der Waals surface area contributed by atoms with E-state index in [0.717, 1.165) is 40.1 Å². The second kappa shape index (κ2) is 8.73. The molecule has 1 aromatic heterocycles. The van der Waals surface area contributed by atoms with Gasteiger partial charge in [-0.1, -0.05) is 49.4 Å². The van der Waals surface area contributed by atoms with Crippen LogP contribution in [-0.2, 0) is 32.8 Å². The number of ketones is 1. The summed E-state index contributed by atoms with van der Waals surface area (Å²) in [6.07, 6.45) is 4.84. The second-order valence-electron chi connectivity index (χ2n) is 10.4. The molecule has 7 nitrogen and oxygen atoms in total. The Morgan fingerprint density at radius 2 is 1.97 bits per heavy atom. The number of ether oxygens (including phenoxy) is 1. The van der Waals surface area contributed by atoms with Crippen LogP contribution in [-0.4, -0.2) is 39.4 Å². The summed E-state index contributed by atoms with van der Waals surface area (Å²) in [7, 11) is 0. The molecule has 2 aromatic carbocycles. The van der Waals surface area contributed by atoms with Crippen molar-refractivity contribution in [2.75, 3.05) is 6.54 Å². The van der Waals surface area contributed by atoms with E-state index in [0.29, 0.717) is 30.7 Å². The van der Waals surface area contributed by atoms with E-state index in [4.69, 9.17) is 4.74 Å². The van der Waals surface area contributed by atoms with Crippen molar-refractivity contribution in [1.29, 1.82) is 0 Å². The maximum atomic E-state index is 13.7. The van der Waals surface area contributed by atoms with Gasteiger partial charge >= 0.3 is 6.09 Å². The molecule has 36 heavy (non-hydrogen) atoms. The number of fused-ring (bicyclic) bond motifs is 2. The van der Waals surface area contributed by atoms with Crippen molar-refractivity contribution in [3.63, 3.8) is 0 Å². The van der Waals surface area contributed by atoms with E-state index >= 15 is 0 Å². The minimum Gasteiger partial charge on any atom is -0.427 e. The summed E-state index contributed by atoms with van der Waals surface area (Å²) in [5.74, 6) is -0.0146. The number of hydrogen-bond donors (Lipinski definition) is 1. The molecule has 2 aliphatic carbocycles. The quantitative estimate of drug-likeness (QED) is 0.503. The van der Waals surface area contributed by atoms with Gasteiger partial charge in [-0.2, -0.15) is 5.10 Å². The average molecular weight is 484 g/mol. The number of nitrogens with one attached hydrogen (secondary N) is 1. The lowest BCUT2D eigenvalue weighted by molar-refractivity contribution is -0.140. The van der Waals surface area contributed by atoms with E-state index in [9.17, 15) is 14.4 Å². The summed E-state index contributed by atoms with van der Waals surface area (Å²) >= 11 is 0. The molecule has 0 radical (unpaired) electrons. The van der Waals surface area contributed by atoms with Crippen LogP contribution in [0.15, 0.2) is 60.8 Å². The topological polar surface area (TPSA) is 92.4 Å². The number of nitrogens with zero attached hydrogens (tertiary/aromatic N) is 2. The van der Waals surface area contributed by atoms with Crippen molar-refractivity contribution < 1.29 is 19.1 Å². The predicted molar refractivity (Wildman–Crippen MR) is 133 cm³/mol. The maximum Gasteiger partial charge on any atom is 0.418 e. The molecule has 2 fully saturated rings. The van der Waals surface area contributed by atoms with Crippen LogP contribution < -0.4 is 0 Å². The summed E-state index contributed by atoms with van der Waals surface area (Å²) < 4.78 is 5.78. The van der Waals surface area contributed by atoms with Gasteiger partial charge in [-0.15, -0.1) is 0 Å². The van der Waals surface area contributed by atoms with Gasteiger partial charge in [0.25, 0.3) is 5.91 Å². The number of hydrogen-bond acceptors (Lipinski definition) is 5.